The molecule has 0 bridgehead atoms. The van der Waals surface area contributed by atoms with Crippen molar-refractivity contribution in [3.63, 3.8) is 0 Å². The number of hydrazone groups is 1. The molecule has 0 unspecified atom stereocenters. The third-order valence-corrected chi connectivity index (χ3v) is 5.33. The molecule has 33 heavy (non-hydrogen) atoms. The van der Waals surface area contributed by atoms with Crippen LogP contribution >= 0.6 is 0 Å². The summed E-state index contributed by atoms with van der Waals surface area (Å²) in [5.74, 6) is 1.60. The summed E-state index contributed by atoms with van der Waals surface area (Å²) in [4.78, 5) is 7.69. The summed E-state index contributed by atoms with van der Waals surface area (Å²) in [7, 11) is 1.62. The number of methoxy groups -OCH3 is 1. The van der Waals surface area contributed by atoms with Gasteiger partial charge in [-0.15, -0.1) is 10.2 Å². The van der Waals surface area contributed by atoms with Gasteiger partial charge in [0, 0.05) is 10.9 Å². The number of H-pyrrole nitrogens is 1. The summed E-state index contributed by atoms with van der Waals surface area (Å²) in [6, 6.07) is 21.7. The molecule has 0 amide bonds. The van der Waals surface area contributed by atoms with Crippen LogP contribution in [0.4, 0.5) is 5.95 Å². The van der Waals surface area contributed by atoms with Gasteiger partial charge in [0.15, 0.2) is 17.1 Å². The molecule has 5 aromatic rings. The second-order valence-electron chi connectivity index (χ2n) is 7.50. The van der Waals surface area contributed by atoms with E-state index in [4.69, 9.17) is 9.47 Å². The Hall–Kier alpha value is -4.46. The number of ether oxygens (including phenoxy) is 2. The van der Waals surface area contributed by atoms with E-state index in [1.165, 1.54) is 5.56 Å². The van der Waals surface area contributed by atoms with Crippen molar-refractivity contribution in [3.8, 4) is 11.5 Å². The Morgan fingerprint density at radius 2 is 1.85 bits per heavy atom. The highest BCUT2D eigenvalue weighted by molar-refractivity contribution is 6.03. The van der Waals surface area contributed by atoms with Gasteiger partial charge in [-0.2, -0.15) is 10.1 Å². The summed E-state index contributed by atoms with van der Waals surface area (Å²) in [5, 5.41) is 13.6. The van der Waals surface area contributed by atoms with E-state index in [-0.39, 0.29) is 0 Å². The molecule has 5 rings (SSSR count). The van der Waals surface area contributed by atoms with E-state index in [9.17, 15) is 0 Å². The summed E-state index contributed by atoms with van der Waals surface area (Å²) in [6.45, 7) is 2.54. The van der Waals surface area contributed by atoms with E-state index < -0.39 is 0 Å². The molecule has 3 aromatic carbocycles. The van der Waals surface area contributed by atoms with E-state index in [1.807, 2.05) is 54.6 Å². The van der Waals surface area contributed by atoms with Gasteiger partial charge in [0.25, 0.3) is 5.95 Å². The zero-order chi connectivity index (χ0) is 22.6. The number of rotatable bonds is 7. The monoisotopic (exact) mass is 438 g/mol. The van der Waals surface area contributed by atoms with Crippen LogP contribution in [0.5, 0.6) is 11.5 Å². The van der Waals surface area contributed by atoms with Crippen molar-refractivity contribution in [2.75, 3.05) is 12.5 Å². The molecule has 2 aromatic heterocycles. The first-order chi connectivity index (χ1) is 16.2. The van der Waals surface area contributed by atoms with E-state index in [1.54, 1.807) is 13.3 Å². The van der Waals surface area contributed by atoms with Crippen molar-refractivity contribution in [1.29, 1.82) is 0 Å². The summed E-state index contributed by atoms with van der Waals surface area (Å²) in [5.41, 5.74) is 8.33. The lowest BCUT2D eigenvalue weighted by molar-refractivity contribution is 0.284. The van der Waals surface area contributed by atoms with E-state index >= 15 is 0 Å². The molecule has 2 N–H and O–H groups in total. The highest BCUT2D eigenvalue weighted by Crippen LogP contribution is 2.29. The number of nitrogens with zero attached hydrogens (tertiary/aromatic N) is 4. The number of hydrogen-bond acceptors (Lipinski definition) is 7. The number of benzene rings is 3. The predicted molar refractivity (Wildman–Crippen MR) is 129 cm³/mol. The molecule has 0 saturated carbocycles. The van der Waals surface area contributed by atoms with Crippen LogP contribution in [0.25, 0.3) is 22.1 Å². The van der Waals surface area contributed by atoms with Gasteiger partial charge >= 0.3 is 0 Å². The van der Waals surface area contributed by atoms with Crippen molar-refractivity contribution >= 4 is 34.2 Å². The topological polar surface area (TPSA) is 97.3 Å². The molecule has 0 aliphatic heterocycles. The molecule has 8 heteroatoms. The average Bonchev–Trinajstić information content (AvgIpc) is 3.22. The molecule has 0 aliphatic carbocycles. The second-order valence-corrected chi connectivity index (χ2v) is 7.50. The molecule has 0 aliphatic rings. The Balaban J connectivity index is 1.28. The van der Waals surface area contributed by atoms with Crippen molar-refractivity contribution in [2.24, 2.45) is 5.10 Å². The number of fused-ring (bicyclic) bond motifs is 3. The van der Waals surface area contributed by atoms with Crippen molar-refractivity contribution < 1.29 is 9.47 Å². The number of hydrogen-bond donors (Lipinski definition) is 2. The third-order valence-electron chi connectivity index (χ3n) is 5.33. The molecule has 8 nitrogen and oxygen atoms in total. The fourth-order valence-corrected chi connectivity index (χ4v) is 3.54. The van der Waals surface area contributed by atoms with Crippen LogP contribution in [0.3, 0.4) is 0 Å². The second kappa shape index (κ2) is 8.96. The smallest absolute Gasteiger partial charge is 0.265 e. The van der Waals surface area contributed by atoms with E-state index in [0.29, 0.717) is 29.7 Å². The van der Waals surface area contributed by atoms with Crippen LogP contribution in [-0.2, 0) is 6.61 Å². The Morgan fingerprint density at radius 3 is 2.73 bits per heavy atom. The lowest BCUT2D eigenvalue weighted by Gasteiger charge is -2.12. The maximum Gasteiger partial charge on any atom is 0.265 e. The molecule has 0 saturated heterocycles. The number of anilines is 1. The summed E-state index contributed by atoms with van der Waals surface area (Å²) >= 11 is 0. The predicted octanol–water partition coefficient (Wildman–Crippen LogP) is 4.85. The lowest BCUT2D eigenvalue weighted by Crippen LogP contribution is -2.01. The SMILES string of the molecule is COc1cc(/C=N/Nc2nnc3c(n2)[nH]c2ccccc23)ccc1OCc1ccccc1C. The van der Waals surface area contributed by atoms with E-state index in [0.717, 1.165) is 27.5 Å². The van der Waals surface area contributed by atoms with Crippen molar-refractivity contribution in [1.82, 2.24) is 20.2 Å². The van der Waals surface area contributed by atoms with Gasteiger partial charge in [0.2, 0.25) is 0 Å². The van der Waals surface area contributed by atoms with Gasteiger partial charge in [-0.3, -0.25) is 0 Å². The normalized spacial score (nSPS) is 11.3. The molecule has 0 spiro atoms. The highest BCUT2D eigenvalue weighted by atomic mass is 16.5. The molecule has 0 atom stereocenters. The zero-order valence-electron chi connectivity index (χ0n) is 18.2. The van der Waals surface area contributed by atoms with Crippen LogP contribution < -0.4 is 14.9 Å². The van der Waals surface area contributed by atoms with Gasteiger partial charge in [-0.25, -0.2) is 5.43 Å². The fraction of sp³-hybridized carbons (Fsp3) is 0.120. The first-order valence-corrected chi connectivity index (χ1v) is 10.5. The van der Waals surface area contributed by atoms with Crippen molar-refractivity contribution in [3.05, 3.63) is 83.4 Å². The average molecular weight is 438 g/mol. The molecule has 0 fully saturated rings. The Labute approximate surface area is 190 Å². The maximum atomic E-state index is 5.97. The summed E-state index contributed by atoms with van der Waals surface area (Å²) < 4.78 is 11.5. The van der Waals surface area contributed by atoms with Gasteiger partial charge < -0.3 is 14.5 Å². The fourth-order valence-electron chi connectivity index (χ4n) is 3.54. The number of aromatic nitrogens is 4. The lowest BCUT2D eigenvalue weighted by atomic mass is 10.1. The number of nitrogens with one attached hydrogen (secondary N) is 2. The van der Waals surface area contributed by atoms with Crippen LogP contribution in [-0.4, -0.2) is 33.5 Å². The number of aromatic amines is 1. The van der Waals surface area contributed by atoms with Crippen LogP contribution in [0, 0.1) is 6.92 Å². The Kier molecular flexibility index (Phi) is 5.55. The maximum absolute atomic E-state index is 5.97. The largest absolute Gasteiger partial charge is 0.493 e. The van der Waals surface area contributed by atoms with Crippen LogP contribution in [0.2, 0.25) is 0 Å². The Bertz CT molecular complexity index is 1460. The van der Waals surface area contributed by atoms with Gasteiger partial charge in [0.1, 0.15) is 12.1 Å². The molecule has 164 valence electrons. The molecule has 2 heterocycles. The minimum Gasteiger partial charge on any atom is -0.493 e. The third kappa shape index (κ3) is 4.31. The number of para-hydroxylation sites is 1. The Morgan fingerprint density at radius 1 is 1.00 bits per heavy atom. The van der Waals surface area contributed by atoms with Crippen molar-refractivity contribution in [2.45, 2.75) is 13.5 Å². The van der Waals surface area contributed by atoms with Gasteiger partial charge in [-0.05, 0) is 47.9 Å². The van der Waals surface area contributed by atoms with Crippen LogP contribution in [0.15, 0.2) is 71.8 Å². The summed E-state index contributed by atoms with van der Waals surface area (Å²) in [6.07, 6.45) is 1.66. The first kappa shape index (κ1) is 20.4. The quantitative estimate of drug-likeness (QED) is 0.279. The minimum atomic E-state index is 0.301. The molecule has 0 radical (unpaired) electrons. The van der Waals surface area contributed by atoms with Crippen LogP contribution in [0.1, 0.15) is 16.7 Å². The highest BCUT2D eigenvalue weighted by Gasteiger charge is 2.09. The standard InChI is InChI=1S/C25H22N6O2/c1-16-7-3-4-8-18(16)15-33-21-12-11-17(13-22(21)32-2)14-26-30-25-28-24-23(29-31-25)19-9-5-6-10-20(19)27-24/h3-14H,15H2,1-2H3,(H2,27,28,30,31)/b26-14+. The van der Waals surface area contributed by atoms with Gasteiger partial charge in [0.05, 0.1) is 13.3 Å². The molecular weight excluding hydrogens is 416 g/mol. The van der Waals surface area contributed by atoms with Gasteiger partial charge in [-0.1, -0.05) is 42.5 Å². The minimum absolute atomic E-state index is 0.301. The number of aryl methyl sites for hydroxylation is 1. The zero-order valence-corrected chi connectivity index (χ0v) is 18.2. The molecular formula is C25H22N6O2. The van der Waals surface area contributed by atoms with E-state index in [2.05, 4.69) is 49.7 Å². The first-order valence-electron chi connectivity index (χ1n) is 10.5.